The van der Waals surface area contributed by atoms with Crippen LogP contribution in [-0.2, 0) is 4.79 Å². The first kappa shape index (κ1) is 10.8. The molecule has 17 heavy (non-hydrogen) atoms. The van der Waals surface area contributed by atoms with Crippen LogP contribution in [0.5, 0.6) is 0 Å². The Morgan fingerprint density at radius 2 is 2.29 bits per heavy atom. The van der Waals surface area contributed by atoms with E-state index in [4.69, 9.17) is 0 Å². The molecule has 0 spiro atoms. The van der Waals surface area contributed by atoms with Gasteiger partial charge in [-0.3, -0.25) is 9.20 Å². The number of imidazole rings is 1. The summed E-state index contributed by atoms with van der Waals surface area (Å²) in [6.45, 7) is 0. The highest BCUT2D eigenvalue weighted by molar-refractivity contribution is 9.10. The molecule has 2 aromatic rings. The molecule has 3 rings (SSSR count). The van der Waals surface area contributed by atoms with Crippen molar-refractivity contribution in [3.63, 3.8) is 0 Å². The van der Waals surface area contributed by atoms with Crippen molar-refractivity contribution >= 4 is 33.8 Å². The number of pyridine rings is 1. The van der Waals surface area contributed by atoms with Crippen molar-refractivity contribution in [3.8, 4) is 0 Å². The molecule has 0 bridgehead atoms. The van der Waals surface area contributed by atoms with Gasteiger partial charge in [0.15, 0.2) is 0 Å². The second-order valence-electron chi connectivity index (χ2n) is 4.39. The van der Waals surface area contributed by atoms with E-state index in [0.29, 0.717) is 5.92 Å². The average molecular weight is 294 g/mol. The molecule has 2 aromatic heterocycles. The summed E-state index contributed by atoms with van der Waals surface area (Å²) >= 11 is 3.44. The molecule has 1 aliphatic carbocycles. The van der Waals surface area contributed by atoms with Gasteiger partial charge < -0.3 is 4.90 Å². The van der Waals surface area contributed by atoms with Crippen LogP contribution in [0, 0.1) is 0 Å². The molecule has 2 heterocycles. The summed E-state index contributed by atoms with van der Waals surface area (Å²) in [7, 11) is 1.77. The van der Waals surface area contributed by atoms with E-state index in [0.717, 1.165) is 28.0 Å². The molecule has 0 aromatic carbocycles. The van der Waals surface area contributed by atoms with Gasteiger partial charge in [0.25, 0.3) is 0 Å². The van der Waals surface area contributed by atoms with Crippen LogP contribution >= 0.6 is 15.9 Å². The van der Waals surface area contributed by atoms with Crippen LogP contribution in [0.1, 0.15) is 24.5 Å². The lowest BCUT2D eigenvalue weighted by Crippen LogP contribution is -2.17. The second-order valence-corrected chi connectivity index (χ2v) is 5.30. The van der Waals surface area contributed by atoms with Crippen molar-refractivity contribution in [2.75, 3.05) is 11.9 Å². The number of carbonyl (C=O) groups excluding carboxylic acids is 1. The molecule has 88 valence electrons. The summed E-state index contributed by atoms with van der Waals surface area (Å²) < 4.78 is 2.94. The number of aromatic nitrogens is 2. The van der Waals surface area contributed by atoms with Crippen LogP contribution in [0.2, 0.25) is 0 Å². The van der Waals surface area contributed by atoms with E-state index in [1.165, 1.54) is 12.8 Å². The third kappa shape index (κ3) is 1.74. The third-order valence-electron chi connectivity index (χ3n) is 3.04. The van der Waals surface area contributed by atoms with Gasteiger partial charge >= 0.3 is 0 Å². The average Bonchev–Trinajstić information content (AvgIpc) is 3.10. The minimum Gasteiger partial charge on any atom is -0.302 e. The van der Waals surface area contributed by atoms with Crippen molar-refractivity contribution in [2.24, 2.45) is 0 Å². The lowest BCUT2D eigenvalue weighted by Gasteiger charge is -2.12. The Morgan fingerprint density at radius 3 is 2.94 bits per heavy atom. The second kappa shape index (κ2) is 3.84. The van der Waals surface area contributed by atoms with Gasteiger partial charge in [-0.25, -0.2) is 4.98 Å². The molecular weight excluding hydrogens is 282 g/mol. The molecule has 0 N–H and O–H groups in total. The fraction of sp³-hybridized carbons (Fsp3) is 0.333. The van der Waals surface area contributed by atoms with Crippen LogP contribution in [0.25, 0.3) is 5.65 Å². The molecule has 0 aliphatic heterocycles. The van der Waals surface area contributed by atoms with Gasteiger partial charge in [0.05, 0.1) is 5.69 Å². The summed E-state index contributed by atoms with van der Waals surface area (Å²) in [4.78, 5) is 17.2. The van der Waals surface area contributed by atoms with Gasteiger partial charge in [0.2, 0.25) is 6.41 Å². The smallest absolute Gasteiger partial charge is 0.215 e. The number of rotatable bonds is 3. The Balaban J connectivity index is 2.28. The van der Waals surface area contributed by atoms with Crippen LogP contribution in [-0.4, -0.2) is 22.8 Å². The molecule has 5 heteroatoms. The number of amides is 1. The quantitative estimate of drug-likeness (QED) is 0.816. The number of hydrogen-bond acceptors (Lipinski definition) is 2. The van der Waals surface area contributed by atoms with Gasteiger partial charge in [-0.15, -0.1) is 0 Å². The Kier molecular flexibility index (Phi) is 2.43. The van der Waals surface area contributed by atoms with E-state index in [-0.39, 0.29) is 0 Å². The molecule has 0 unspecified atom stereocenters. The Labute approximate surface area is 107 Å². The standard InChI is InChI=1S/C12H12BrN3O/c1-15(7-17)12-11(8-2-3-8)14-10-5-4-9(13)6-16(10)12/h4-8H,2-3H2,1H3. The first-order chi connectivity index (χ1) is 8.20. The van der Waals surface area contributed by atoms with Crippen molar-refractivity contribution in [1.29, 1.82) is 0 Å². The first-order valence-corrected chi connectivity index (χ1v) is 6.35. The maximum Gasteiger partial charge on any atom is 0.215 e. The number of carbonyl (C=O) groups is 1. The number of hydrogen-bond donors (Lipinski definition) is 0. The predicted octanol–water partition coefficient (Wildman–Crippen LogP) is 2.57. The van der Waals surface area contributed by atoms with Crippen molar-refractivity contribution in [2.45, 2.75) is 18.8 Å². The number of anilines is 1. The molecule has 0 saturated heterocycles. The maximum absolute atomic E-state index is 11.0. The predicted molar refractivity (Wildman–Crippen MR) is 69.3 cm³/mol. The Hall–Kier alpha value is -1.36. The minimum atomic E-state index is 0.520. The molecule has 1 fully saturated rings. The van der Waals surface area contributed by atoms with Gasteiger partial charge in [0, 0.05) is 23.6 Å². The number of nitrogens with zero attached hydrogens (tertiary/aromatic N) is 3. The van der Waals surface area contributed by atoms with E-state index in [1.807, 2.05) is 22.7 Å². The monoisotopic (exact) mass is 293 g/mol. The Morgan fingerprint density at radius 1 is 1.53 bits per heavy atom. The molecule has 1 amide bonds. The molecule has 4 nitrogen and oxygen atoms in total. The van der Waals surface area contributed by atoms with E-state index >= 15 is 0 Å². The maximum atomic E-state index is 11.0. The molecule has 1 saturated carbocycles. The topological polar surface area (TPSA) is 37.6 Å². The number of fused-ring (bicyclic) bond motifs is 1. The van der Waals surface area contributed by atoms with Crippen LogP contribution in [0.4, 0.5) is 5.82 Å². The van der Waals surface area contributed by atoms with Crippen molar-refractivity contribution < 1.29 is 4.79 Å². The lowest BCUT2D eigenvalue weighted by molar-refractivity contribution is -0.107. The van der Waals surface area contributed by atoms with Crippen LogP contribution in [0.15, 0.2) is 22.8 Å². The van der Waals surface area contributed by atoms with Crippen molar-refractivity contribution in [1.82, 2.24) is 9.38 Å². The van der Waals surface area contributed by atoms with Gasteiger partial charge in [0.1, 0.15) is 11.5 Å². The van der Waals surface area contributed by atoms with Crippen LogP contribution in [0.3, 0.4) is 0 Å². The Bertz CT molecular complexity index is 589. The summed E-state index contributed by atoms with van der Waals surface area (Å²) in [5.41, 5.74) is 1.93. The highest BCUT2D eigenvalue weighted by Gasteiger charge is 2.31. The number of halogens is 1. The van der Waals surface area contributed by atoms with E-state index in [1.54, 1.807) is 11.9 Å². The van der Waals surface area contributed by atoms with E-state index < -0.39 is 0 Å². The van der Waals surface area contributed by atoms with Gasteiger partial charge in [-0.1, -0.05) is 0 Å². The minimum absolute atomic E-state index is 0.520. The highest BCUT2D eigenvalue weighted by Crippen LogP contribution is 2.43. The van der Waals surface area contributed by atoms with Crippen molar-refractivity contribution in [3.05, 3.63) is 28.5 Å². The lowest BCUT2D eigenvalue weighted by atomic mass is 10.3. The van der Waals surface area contributed by atoms with Crippen LogP contribution < -0.4 is 4.90 Å². The summed E-state index contributed by atoms with van der Waals surface area (Å²) in [5, 5.41) is 0. The fourth-order valence-corrected chi connectivity index (χ4v) is 2.39. The fourth-order valence-electron chi connectivity index (χ4n) is 2.06. The SMILES string of the molecule is CN(C=O)c1c(C2CC2)nc2ccc(Br)cn12. The summed E-state index contributed by atoms with van der Waals surface area (Å²) in [6, 6.07) is 3.92. The molecular formula is C12H12BrN3O. The third-order valence-corrected chi connectivity index (χ3v) is 3.51. The zero-order valence-electron chi connectivity index (χ0n) is 9.43. The highest BCUT2D eigenvalue weighted by atomic mass is 79.9. The first-order valence-electron chi connectivity index (χ1n) is 5.56. The molecule has 0 atom stereocenters. The summed E-state index contributed by atoms with van der Waals surface area (Å²) in [6.07, 6.45) is 5.12. The molecule has 0 radical (unpaired) electrons. The zero-order valence-corrected chi connectivity index (χ0v) is 11.0. The van der Waals surface area contributed by atoms with Gasteiger partial charge in [-0.2, -0.15) is 0 Å². The normalized spacial score (nSPS) is 15.2. The molecule has 1 aliphatic rings. The van der Waals surface area contributed by atoms with Gasteiger partial charge in [-0.05, 0) is 40.9 Å². The van der Waals surface area contributed by atoms with E-state index in [9.17, 15) is 4.79 Å². The summed E-state index contributed by atoms with van der Waals surface area (Å²) in [5.74, 6) is 1.41. The largest absolute Gasteiger partial charge is 0.302 e. The zero-order chi connectivity index (χ0) is 12.0. The van der Waals surface area contributed by atoms with E-state index in [2.05, 4.69) is 20.9 Å².